The lowest BCUT2D eigenvalue weighted by atomic mass is 9.78. The van der Waals surface area contributed by atoms with Crippen molar-refractivity contribution in [3.8, 4) is 0 Å². The Bertz CT molecular complexity index is 834. The number of hydrogen-bond acceptors (Lipinski definition) is 3. The van der Waals surface area contributed by atoms with Crippen molar-refractivity contribution < 1.29 is 9.59 Å². The highest BCUT2D eigenvalue weighted by Crippen LogP contribution is 2.37. The highest BCUT2D eigenvalue weighted by molar-refractivity contribution is 6.05. The maximum Gasteiger partial charge on any atom is 0.258 e. The normalized spacial score (nSPS) is 24.6. The van der Waals surface area contributed by atoms with Crippen LogP contribution in [0.5, 0.6) is 0 Å². The summed E-state index contributed by atoms with van der Waals surface area (Å²) >= 11 is 0. The Labute approximate surface area is 160 Å². The number of hydrogen-bond donors (Lipinski definition) is 1. The molecule has 2 aromatic carbocycles. The molecular formula is C22H25N3O2. The average molecular weight is 363 g/mol. The molecule has 0 radical (unpaired) electrons. The number of para-hydroxylation sites is 1. The fourth-order valence-electron chi connectivity index (χ4n) is 4.37. The van der Waals surface area contributed by atoms with Gasteiger partial charge in [0.1, 0.15) is 0 Å². The molecule has 0 spiro atoms. The molecule has 140 valence electrons. The molecule has 2 aliphatic heterocycles. The minimum Gasteiger partial charge on any atom is -0.344 e. The summed E-state index contributed by atoms with van der Waals surface area (Å²) in [6.07, 6.45) is 1.02. The van der Waals surface area contributed by atoms with Crippen molar-refractivity contribution in [3.63, 3.8) is 0 Å². The number of piperidine rings is 1. The van der Waals surface area contributed by atoms with Crippen molar-refractivity contribution in [3.05, 3.63) is 65.7 Å². The molecular weight excluding hydrogens is 338 g/mol. The van der Waals surface area contributed by atoms with Crippen molar-refractivity contribution in [1.82, 2.24) is 10.2 Å². The standard InChI is InChI=1S/C22H25N3O2/c1-24-14-19(18-12-13-23-20(18)22(24)27)15-8-10-16(11-9-15)21(26)25(2)17-6-4-3-5-7-17/h3-11,18-20,23H,12-14H2,1-2H3. The first-order valence-corrected chi connectivity index (χ1v) is 9.47. The molecule has 0 aliphatic carbocycles. The summed E-state index contributed by atoms with van der Waals surface area (Å²) in [5.74, 6) is 0.820. The molecule has 2 saturated heterocycles. The first-order valence-electron chi connectivity index (χ1n) is 9.47. The summed E-state index contributed by atoms with van der Waals surface area (Å²) in [4.78, 5) is 28.6. The maximum absolute atomic E-state index is 12.8. The first kappa shape index (κ1) is 17.7. The van der Waals surface area contributed by atoms with E-state index in [2.05, 4.69) is 17.4 Å². The molecule has 0 saturated carbocycles. The van der Waals surface area contributed by atoms with Gasteiger partial charge < -0.3 is 15.1 Å². The van der Waals surface area contributed by atoms with Crippen LogP contribution in [-0.4, -0.2) is 49.9 Å². The van der Waals surface area contributed by atoms with Gasteiger partial charge in [-0.25, -0.2) is 0 Å². The predicted molar refractivity (Wildman–Crippen MR) is 106 cm³/mol. The van der Waals surface area contributed by atoms with E-state index in [-0.39, 0.29) is 17.9 Å². The van der Waals surface area contributed by atoms with Gasteiger partial charge >= 0.3 is 0 Å². The lowest BCUT2D eigenvalue weighted by Crippen LogP contribution is -2.52. The van der Waals surface area contributed by atoms with E-state index in [0.29, 0.717) is 17.4 Å². The third-order valence-corrected chi connectivity index (χ3v) is 5.93. The van der Waals surface area contributed by atoms with E-state index >= 15 is 0 Å². The molecule has 2 heterocycles. The van der Waals surface area contributed by atoms with E-state index < -0.39 is 0 Å². The second-order valence-corrected chi connectivity index (χ2v) is 7.53. The fourth-order valence-corrected chi connectivity index (χ4v) is 4.37. The Hall–Kier alpha value is -2.66. The largest absolute Gasteiger partial charge is 0.344 e. The van der Waals surface area contributed by atoms with E-state index in [1.54, 1.807) is 11.9 Å². The van der Waals surface area contributed by atoms with Gasteiger partial charge in [0.05, 0.1) is 6.04 Å². The molecule has 5 heteroatoms. The van der Waals surface area contributed by atoms with Gasteiger partial charge in [0.15, 0.2) is 0 Å². The monoisotopic (exact) mass is 363 g/mol. The van der Waals surface area contributed by atoms with E-state index in [1.165, 1.54) is 5.56 Å². The number of anilines is 1. The molecule has 1 N–H and O–H groups in total. The minimum atomic E-state index is -0.0701. The fraction of sp³-hybridized carbons (Fsp3) is 0.364. The second kappa shape index (κ2) is 7.16. The smallest absolute Gasteiger partial charge is 0.258 e. The number of nitrogens with zero attached hydrogens (tertiary/aromatic N) is 2. The van der Waals surface area contributed by atoms with Crippen molar-refractivity contribution in [2.75, 3.05) is 32.1 Å². The lowest BCUT2D eigenvalue weighted by molar-refractivity contribution is -0.136. The van der Waals surface area contributed by atoms with E-state index in [1.807, 2.05) is 54.4 Å². The number of nitrogens with one attached hydrogen (secondary N) is 1. The van der Waals surface area contributed by atoms with Gasteiger partial charge in [-0.3, -0.25) is 9.59 Å². The zero-order chi connectivity index (χ0) is 19.0. The van der Waals surface area contributed by atoms with Crippen LogP contribution in [-0.2, 0) is 4.79 Å². The summed E-state index contributed by atoms with van der Waals surface area (Å²) in [6, 6.07) is 17.5. The molecule has 2 aliphatic rings. The van der Waals surface area contributed by atoms with Crippen LogP contribution in [0.25, 0.3) is 0 Å². The van der Waals surface area contributed by atoms with Gasteiger partial charge in [-0.1, -0.05) is 30.3 Å². The van der Waals surface area contributed by atoms with Crippen LogP contribution in [0.4, 0.5) is 5.69 Å². The Balaban J connectivity index is 1.54. The van der Waals surface area contributed by atoms with Gasteiger partial charge in [-0.05, 0) is 48.7 Å². The molecule has 3 atom stereocenters. The topological polar surface area (TPSA) is 52.7 Å². The van der Waals surface area contributed by atoms with Crippen molar-refractivity contribution in [1.29, 1.82) is 0 Å². The maximum atomic E-state index is 12.8. The number of benzene rings is 2. The summed E-state index contributed by atoms with van der Waals surface area (Å²) in [5, 5.41) is 3.35. The summed E-state index contributed by atoms with van der Waals surface area (Å²) in [6.45, 7) is 1.63. The molecule has 0 aromatic heterocycles. The summed E-state index contributed by atoms with van der Waals surface area (Å²) in [5.41, 5.74) is 2.75. The van der Waals surface area contributed by atoms with Gasteiger partial charge in [0.25, 0.3) is 5.91 Å². The SMILES string of the molecule is CN1CC(c2ccc(C(=O)N(C)c3ccccc3)cc2)C2CCNC2C1=O. The van der Waals surface area contributed by atoms with Crippen LogP contribution in [0.1, 0.15) is 28.3 Å². The minimum absolute atomic E-state index is 0.0240. The lowest BCUT2D eigenvalue weighted by Gasteiger charge is -2.38. The molecule has 27 heavy (non-hydrogen) atoms. The molecule has 5 nitrogen and oxygen atoms in total. The Kier molecular flexibility index (Phi) is 4.70. The van der Waals surface area contributed by atoms with Crippen LogP contribution in [0.2, 0.25) is 0 Å². The molecule has 3 unspecified atom stereocenters. The Morgan fingerprint density at radius 1 is 1.11 bits per heavy atom. The van der Waals surface area contributed by atoms with Crippen LogP contribution in [0, 0.1) is 5.92 Å². The quantitative estimate of drug-likeness (QED) is 0.912. The van der Waals surface area contributed by atoms with E-state index in [4.69, 9.17) is 0 Å². The van der Waals surface area contributed by atoms with Gasteiger partial charge in [0.2, 0.25) is 5.91 Å². The first-order chi connectivity index (χ1) is 13.1. The Morgan fingerprint density at radius 3 is 2.52 bits per heavy atom. The molecule has 2 fully saturated rings. The number of amides is 2. The van der Waals surface area contributed by atoms with Crippen LogP contribution >= 0.6 is 0 Å². The van der Waals surface area contributed by atoms with Crippen LogP contribution in [0.3, 0.4) is 0 Å². The van der Waals surface area contributed by atoms with E-state index in [0.717, 1.165) is 25.2 Å². The second-order valence-electron chi connectivity index (χ2n) is 7.53. The number of carbonyl (C=O) groups is 2. The number of carbonyl (C=O) groups excluding carboxylic acids is 2. The van der Waals surface area contributed by atoms with Crippen LogP contribution in [0.15, 0.2) is 54.6 Å². The van der Waals surface area contributed by atoms with Crippen molar-refractivity contribution in [2.45, 2.75) is 18.4 Å². The zero-order valence-electron chi connectivity index (χ0n) is 15.8. The number of fused-ring (bicyclic) bond motifs is 1. The summed E-state index contributed by atoms with van der Waals surface area (Å²) < 4.78 is 0. The average Bonchev–Trinajstić information content (AvgIpc) is 3.20. The van der Waals surface area contributed by atoms with E-state index in [9.17, 15) is 9.59 Å². The number of likely N-dealkylation sites (tertiary alicyclic amines) is 1. The number of rotatable bonds is 3. The third kappa shape index (κ3) is 3.23. The Morgan fingerprint density at radius 2 is 1.81 bits per heavy atom. The summed E-state index contributed by atoms with van der Waals surface area (Å²) in [7, 11) is 3.67. The van der Waals surface area contributed by atoms with Gasteiger partial charge in [-0.2, -0.15) is 0 Å². The molecule has 2 aromatic rings. The van der Waals surface area contributed by atoms with Crippen molar-refractivity contribution >= 4 is 17.5 Å². The van der Waals surface area contributed by atoms with Gasteiger partial charge in [0, 0.05) is 37.8 Å². The predicted octanol–water partition coefficient (Wildman–Crippen LogP) is 2.50. The molecule has 4 rings (SSSR count). The van der Waals surface area contributed by atoms with Crippen molar-refractivity contribution in [2.24, 2.45) is 5.92 Å². The van der Waals surface area contributed by atoms with Gasteiger partial charge in [-0.15, -0.1) is 0 Å². The molecule has 0 bridgehead atoms. The highest BCUT2D eigenvalue weighted by Gasteiger charge is 2.44. The third-order valence-electron chi connectivity index (χ3n) is 5.93. The van der Waals surface area contributed by atoms with Crippen LogP contribution < -0.4 is 10.2 Å². The highest BCUT2D eigenvalue weighted by atomic mass is 16.2. The number of likely N-dealkylation sites (N-methyl/N-ethyl adjacent to an activating group) is 1. The molecule has 2 amide bonds. The zero-order valence-corrected chi connectivity index (χ0v) is 15.8.